The van der Waals surface area contributed by atoms with Crippen LogP contribution < -0.4 is 10.0 Å². The second-order valence-corrected chi connectivity index (χ2v) is 6.42. The molecule has 0 saturated carbocycles. The van der Waals surface area contributed by atoms with E-state index in [1.807, 2.05) is 13.8 Å². The zero-order valence-electron chi connectivity index (χ0n) is 12.3. The van der Waals surface area contributed by atoms with Crippen LogP contribution >= 0.6 is 0 Å². The van der Waals surface area contributed by atoms with Crippen molar-refractivity contribution in [2.24, 2.45) is 0 Å². The minimum atomic E-state index is -3.68. The van der Waals surface area contributed by atoms with Gasteiger partial charge in [0, 0.05) is 12.3 Å². The third-order valence-electron chi connectivity index (χ3n) is 2.89. The maximum absolute atomic E-state index is 12.4. The van der Waals surface area contributed by atoms with Crippen molar-refractivity contribution >= 4 is 15.7 Å². The van der Waals surface area contributed by atoms with E-state index in [9.17, 15) is 8.42 Å². The molecule has 6 nitrogen and oxygen atoms in total. The topological polar surface area (TPSA) is 84.2 Å². The van der Waals surface area contributed by atoms with Crippen LogP contribution in [-0.2, 0) is 16.6 Å². The Hall–Kier alpha value is -1.86. The van der Waals surface area contributed by atoms with E-state index in [1.54, 1.807) is 25.3 Å². The number of nitrogens with zero attached hydrogens (tertiary/aromatic N) is 1. The molecule has 0 amide bonds. The van der Waals surface area contributed by atoms with Crippen molar-refractivity contribution in [2.45, 2.75) is 32.2 Å². The molecule has 0 aliphatic rings. The second-order valence-electron chi connectivity index (χ2n) is 4.77. The molecule has 2 aromatic rings. The van der Waals surface area contributed by atoms with Crippen LogP contribution in [0.3, 0.4) is 0 Å². The molecule has 0 atom stereocenters. The molecule has 0 bridgehead atoms. The van der Waals surface area contributed by atoms with Gasteiger partial charge in [0.1, 0.15) is 16.4 Å². The molecule has 0 aliphatic heterocycles. The van der Waals surface area contributed by atoms with E-state index in [0.717, 1.165) is 12.1 Å². The second kappa shape index (κ2) is 6.28. The lowest BCUT2D eigenvalue weighted by Crippen LogP contribution is -2.13. The molecule has 7 heteroatoms. The molecule has 0 spiro atoms. The monoisotopic (exact) mass is 309 g/mol. The first-order chi connectivity index (χ1) is 9.92. The summed E-state index contributed by atoms with van der Waals surface area (Å²) >= 11 is 0. The third kappa shape index (κ3) is 3.83. The summed E-state index contributed by atoms with van der Waals surface area (Å²) in [7, 11) is -3.68. The van der Waals surface area contributed by atoms with E-state index in [-0.39, 0.29) is 4.90 Å². The van der Waals surface area contributed by atoms with Crippen LogP contribution in [0.5, 0.6) is 0 Å². The summed E-state index contributed by atoms with van der Waals surface area (Å²) in [4.78, 5) is 4.12. The minimum absolute atomic E-state index is 0.150. The van der Waals surface area contributed by atoms with Gasteiger partial charge in [-0.2, -0.15) is 0 Å². The molecular formula is C14H19N3O3S. The summed E-state index contributed by atoms with van der Waals surface area (Å²) in [6.45, 7) is 6.74. The van der Waals surface area contributed by atoms with Gasteiger partial charge in [-0.05, 0) is 32.0 Å². The highest BCUT2D eigenvalue weighted by molar-refractivity contribution is 7.92. The summed E-state index contributed by atoms with van der Waals surface area (Å²) in [5.74, 6) is 0.966. The zero-order valence-corrected chi connectivity index (χ0v) is 13.1. The number of nitrogens with one attached hydrogen (secondary N) is 2. The van der Waals surface area contributed by atoms with Gasteiger partial charge in [0.2, 0.25) is 0 Å². The molecule has 2 N–H and O–H groups in total. The number of sulfonamides is 1. The van der Waals surface area contributed by atoms with Crippen molar-refractivity contribution in [3.63, 3.8) is 0 Å². The summed E-state index contributed by atoms with van der Waals surface area (Å²) in [6.07, 6.45) is 3.13. The molecule has 0 aliphatic carbocycles. The van der Waals surface area contributed by atoms with Crippen LogP contribution in [-0.4, -0.2) is 19.9 Å². The van der Waals surface area contributed by atoms with Crippen LogP contribution in [0.4, 0.5) is 5.69 Å². The van der Waals surface area contributed by atoms with Crippen LogP contribution in [0.25, 0.3) is 0 Å². The summed E-state index contributed by atoms with van der Waals surface area (Å²) in [5.41, 5.74) is 1.32. The van der Waals surface area contributed by atoms with Crippen molar-refractivity contribution in [3.8, 4) is 0 Å². The van der Waals surface area contributed by atoms with E-state index < -0.39 is 10.0 Å². The fourth-order valence-corrected chi connectivity index (χ4v) is 3.19. The minimum Gasteiger partial charge on any atom is -0.464 e. The van der Waals surface area contributed by atoms with Crippen molar-refractivity contribution in [1.29, 1.82) is 0 Å². The van der Waals surface area contributed by atoms with Gasteiger partial charge in [-0.3, -0.25) is 9.71 Å². The predicted octanol–water partition coefficient (Wildman–Crippen LogP) is 2.20. The average molecular weight is 309 g/mol. The van der Waals surface area contributed by atoms with Crippen LogP contribution in [0.2, 0.25) is 0 Å². The molecule has 0 unspecified atom stereocenters. The van der Waals surface area contributed by atoms with Gasteiger partial charge in [0.05, 0.1) is 18.4 Å². The molecule has 0 radical (unpaired) electrons. The van der Waals surface area contributed by atoms with Gasteiger partial charge in [-0.15, -0.1) is 0 Å². The molecule has 21 heavy (non-hydrogen) atoms. The summed E-state index contributed by atoms with van der Waals surface area (Å²) in [5, 5.41) is 3.09. The number of furan rings is 1. The number of hydrogen-bond donors (Lipinski definition) is 2. The number of aryl methyl sites for hydroxylation is 2. The number of pyridine rings is 1. The first-order valence-corrected chi connectivity index (χ1v) is 8.15. The third-order valence-corrected chi connectivity index (χ3v) is 4.38. The Bertz CT molecular complexity index is 723. The predicted molar refractivity (Wildman–Crippen MR) is 80.6 cm³/mol. The van der Waals surface area contributed by atoms with E-state index >= 15 is 0 Å². The van der Waals surface area contributed by atoms with E-state index in [0.29, 0.717) is 23.8 Å². The Kier molecular flexibility index (Phi) is 4.64. The van der Waals surface area contributed by atoms with Gasteiger partial charge >= 0.3 is 0 Å². The Labute approximate surface area is 124 Å². The van der Waals surface area contributed by atoms with Crippen LogP contribution in [0, 0.1) is 13.8 Å². The maximum Gasteiger partial charge on any atom is 0.265 e. The average Bonchev–Trinajstić information content (AvgIpc) is 2.78. The molecule has 114 valence electrons. The van der Waals surface area contributed by atoms with E-state index in [1.165, 1.54) is 6.20 Å². The number of hydrogen-bond acceptors (Lipinski definition) is 5. The Morgan fingerprint density at radius 3 is 2.67 bits per heavy atom. The fourth-order valence-electron chi connectivity index (χ4n) is 1.95. The zero-order chi connectivity index (χ0) is 15.5. The van der Waals surface area contributed by atoms with Crippen molar-refractivity contribution in [2.75, 3.05) is 11.3 Å². The molecule has 0 aromatic carbocycles. The lowest BCUT2D eigenvalue weighted by Gasteiger charge is -2.06. The molecular weight excluding hydrogens is 290 g/mol. The van der Waals surface area contributed by atoms with E-state index in [4.69, 9.17) is 4.42 Å². The van der Waals surface area contributed by atoms with Gasteiger partial charge < -0.3 is 9.73 Å². The quantitative estimate of drug-likeness (QED) is 0.854. The maximum atomic E-state index is 12.4. The molecule has 2 rings (SSSR count). The Morgan fingerprint density at radius 2 is 2.00 bits per heavy atom. The molecule has 2 heterocycles. The smallest absolute Gasteiger partial charge is 0.265 e. The highest BCUT2D eigenvalue weighted by atomic mass is 32.2. The van der Waals surface area contributed by atoms with E-state index in [2.05, 4.69) is 15.0 Å². The molecule has 2 aromatic heterocycles. The van der Waals surface area contributed by atoms with Gasteiger partial charge in [-0.1, -0.05) is 6.92 Å². The molecule has 0 saturated heterocycles. The fraction of sp³-hybridized carbons (Fsp3) is 0.357. The standard InChI is InChI=1S/C14H19N3O3S/c1-4-15-9-13-6-14(11(3)20-13)21(18,19)17-12-5-10(2)7-16-8-12/h5-8,15,17H,4,9H2,1-3H3. The number of anilines is 1. The van der Waals surface area contributed by atoms with Crippen molar-refractivity contribution < 1.29 is 12.8 Å². The van der Waals surface area contributed by atoms with Crippen molar-refractivity contribution in [1.82, 2.24) is 10.3 Å². The largest absolute Gasteiger partial charge is 0.464 e. The summed E-state index contributed by atoms with van der Waals surface area (Å²) in [6, 6.07) is 3.27. The van der Waals surface area contributed by atoms with Gasteiger partial charge in [0.15, 0.2) is 0 Å². The lowest BCUT2D eigenvalue weighted by molar-refractivity contribution is 0.460. The SMILES string of the molecule is CCNCc1cc(S(=O)(=O)Nc2cncc(C)c2)c(C)o1. The highest BCUT2D eigenvalue weighted by Crippen LogP contribution is 2.22. The Morgan fingerprint density at radius 1 is 1.24 bits per heavy atom. The van der Waals surface area contributed by atoms with Gasteiger partial charge in [0.25, 0.3) is 10.0 Å². The van der Waals surface area contributed by atoms with Crippen molar-refractivity contribution in [3.05, 3.63) is 41.6 Å². The number of aromatic nitrogens is 1. The normalized spacial score (nSPS) is 11.6. The van der Waals surface area contributed by atoms with Crippen LogP contribution in [0.1, 0.15) is 24.0 Å². The first-order valence-electron chi connectivity index (χ1n) is 6.67. The lowest BCUT2D eigenvalue weighted by atomic mass is 10.3. The van der Waals surface area contributed by atoms with Gasteiger partial charge in [-0.25, -0.2) is 8.42 Å². The van der Waals surface area contributed by atoms with Crippen LogP contribution in [0.15, 0.2) is 33.8 Å². The number of rotatable bonds is 6. The highest BCUT2D eigenvalue weighted by Gasteiger charge is 2.21. The Balaban J connectivity index is 2.25. The molecule has 0 fully saturated rings. The summed E-state index contributed by atoms with van der Waals surface area (Å²) < 4.78 is 32.8. The first kappa shape index (κ1) is 15.5.